The van der Waals surface area contributed by atoms with Crippen LogP contribution in [0.3, 0.4) is 0 Å². The summed E-state index contributed by atoms with van der Waals surface area (Å²) >= 11 is 0. The van der Waals surface area contributed by atoms with Crippen LogP contribution in [0.25, 0.3) is 0 Å². The van der Waals surface area contributed by atoms with Crippen LogP contribution in [0.2, 0.25) is 0 Å². The van der Waals surface area contributed by atoms with E-state index in [1.165, 1.54) is 12.1 Å². The Morgan fingerprint density at radius 1 is 0.962 bits per heavy atom. The van der Waals surface area contributed by atoms with E-state index in [0.717, 1.165) is 12.1 Å². The average Bonchev–Trinajstić information content (AvgIpc) is 2.60. The smallest absolute Gasteiger partial charge is 0.416 e. The van der Waals surface area contributed by atoms with Gasteiger partial charge in [0.1, 0.15) is 13.2 Å². The number of nitrogens with one attached hydrogen (secondary N) is 1. The summed E-state index contributed by atoms with van der Waals surface area (Å²) < 4.78 is 49.5. The molecule has 0 saturated heterocycles. The summed E-state index contributed by atoms with van der Waals surface area (Å²) in [7, 11) is 0. The van der Waals surface area contributed by atoms with Gasteiger partial charge in [-0.1, -0.05) is 12.1 Å². The molecule has 0 aliphatic carbocycles. The summed E-state index contributed by atoms with van der Waals surface area (Å²) in [4.78, 5) is 12.7. The van der Waals surface area contributed by atoms with E-state index in [0.29, 0.717) is 30.3 Å². The van der Waals surface area contributed by atoms with E-state index in [2.05, 4.69) is 5.32 Å². The maximum atomic E-state index is 12.8. The molecule has 7 heteroatoms. The molecule has 3 rings (SSSR count). The standard InChI is InChI=1S/C19H18F3NO3/c1-18(2,12-6-7-15-16(11-12)26-9-8-25-15)17(24)23-14-5-3-4-13(10-14)19(20,21)22/h3-7,10-11H,8-9H2,1-2H3,(H,23,24). The van der Waals surface area contributed by atoms with Gasteiger partial charge in [0.15, 0.2) is 11.5 Å². The molecule has 0 fully saturated rings. The monoisotopic (exact) mass is 365 g/mol. The van der Waals surface area contributed by atoms with Crippen molar-refractivity contribution < 1.29 is 27.4 Å². The SMILES string of the molecule is CC(C)(C(=O)Nc1cccc(C(F)(F)F)c1)c1ccc2c(c1)OCCO2. The fraction of sp³-hybridized carbons (Fsp3) is 0.316. The van der Waals surface area contributed by atoms with E-state index in [-0.39, 0.29) is 5.69 Å². The number of halogens is 3. The number of carbonyl (C=O) groups excluding carboxylic acids is 1. The third-order valence-corrected chi connectivity index (χ3v) is 4.28. The Labute approximate surface area is 148 Å². The molecule has 0 bridgehead atoms. The number of benzene rings is 2. The van der Waals surface area contributed by atoms with Crippen molar-refractivity contribution in [1.82, 2.24) is 0 Å². The van der Waals surface area contributed by atoms with Crippen LogP contribution in [-0.4, -0.2) is 19.1 Å². The van der Waals surface area contributed by atoms with Crippen LogP contribution in [0.1, 0.15) is 25.0 Å². The molecule has 138 valence electrons. The highest BCUT2D eigenvalue weighted by Gasteiger charge is 2.33. The average molecular weight is 365 g/mol. The second-order valence-corrected chi connectivity index (χ2v) is 6.52. The fourth-order valence-electron chi connectivity index (χ4n) is 2.62. The number of alkyl halides is 3. The maximum absolute atomic E-state index is 12.8. The van der Waals surface area contributed by atoms with E-state index in [4.69, 9.17) is 9.47 Å². The first kappa shape index (κ1) is 18.1. The predicted octanol–water partition coefficient (Wildman–Crippen LogP) is 4.39. The number of hydrogen-bond donors (Lipinski definition) is 1. The minimum absolute atomic E-state index is 0.0930. The summed E-state index contributed by atoms with van der Waals surface area (Å²) in [6.07, 6.45) is -4.47. The summed E-state index contributed by atoms with van der Waals surface area (Å²) in [5.41, 5.74) is -1.03. The van der Waals surface area contributed by atoms with Gasteiger partial charge < -0.3 is 14.8 Å². The molecule has 4 nitrogen and oxygen atoms in total. The van der Waals surface area contributed by atoms with Gasteiger partial charge in [0, 0.05) is 5.69 Å². The highest BCUT2D eigenvalue weighted by molar-refractivity contribution is 5.98. The van der Waals surface area contributed by atoms with Crippen LogP contribution in [0.15, 0.2) is 42.5 Å². The Morgan fingerprint density at radius 2 is 1.65 bits per heavy atom. The lowest BCUT2D eigenvalue weighted by molar-refractivity contribution is -0.137. The second kappa shape index (κ2) is 6.55. The first-order chi connectivity index (χ1) is 12.2. The lowest BCUT2D eigenvalue weighted by atomic mass is 9.83. The number of rotatable bonds is 3. The van der Waals surface area contributed by atoms with Gasteiger partial charge in [-0.15, -0.1) is 0 Å². The zero-order chi connectivity index (χ0) is 18.9. The van der Waals surface area contributed by atoms with E-state index < -0.39 is 23.1 Å². The third kappa shape index (κ3) is 3.61. The van der Waals surface area contributed by atoms with Gasteiger partial charge in [-0.25, -0.2) is 0 Å². The molecule has 1 aliphatic heterocycles. The predicted molar refractivity (Wildman–Crippen MR) is 90.5 cm³/mol. The normalized spacial score (nSPS) is 14.0. The summed E-state index contributed by atoms with van der Waals surface area (Å²) in [5, 5.41) is 2.56. The number of ether oxygens (including phenoxy) is 2. The summed E-state index contributed by atoms with van der Waals surface area (Å²) in [5.74, 6) is 0.733. The largest absolute Gasteiger partial charge is 0.486 e. The Hall–Kier alpha value is -2.70. The van der Waals surface area contributed by atoms with Gasteiger partial charge in [-0.3, -0.25) is 4.79 Å². The van der Waals surface area contributed by atoms with Crippen molar-refractivity contribution in [2.75, 3.05) is 18.5 Å². The van der Waals surface area contributed by atoms with Gasteiger partial charge >= 0.3 is 6.18 Å². The van der Waals surface area contributed by atoms with Gasteiger partial charge in [0.2, 0.25) is 5.91 Å². The first-order valence-corrected chi connectivity index (χ1v) is 8.07. The zero-order valence-corrected chi connectivity index (χ0v) is 14.3. The van der Waals surface area contributed by atoms with E-state index >= 15 is 0 Å². The maximum Gasteiger partial charge on any atom is 0.416 e. The fourth-order valence-corrected chi connectivity index (χ4v) is 2.62. The van der Waals surface area contributed by atoms with Gasteiger partial charge in [-0.2, -0.15) is 13.2 Å². The van der Waals surface area contributed by atoms with Crippen molar-refractivity contribution in [1.29, 1.82) is 0 Å². The molecule has 26 heavy (non-hydrogen) atoms. The molecule has 1 aliphatic rings. The van der Waals surface area contributed by atoms with Crippen molar-refractivity contribution in [3.63, 3.8) is 0 Å². The molecule has 0 unspecified atom stereocenters. The first-order valence-electron chi connectivity index (χ1n) is 8.07. The number of carbonyl (C=O) groups is 1. The van der Waals surface area contributed by atoms with Gasteiger partial charge in [0.05, 0.1) is 11.0 Å². The Kier molecular flexibility index (Phi) is 4.56. The molecule has 1 N–H and O–H groups in total. The number of hydrogen-bond acceptors (Lipinski definition) is 3. The minimum Gasteiger partial charge on any atom is -0.486 e. The van der Waals surface area contributed by atoms with Crippen molar-refractivity contribution in [2.45, 2.75) is 25.4 Å². The van der Waals surface area contributed by atoms with E-state index in [1.807, 2.05) is 0 Å². The molecular weight excluding hydrogens is 347 g/mol. The zero-order valence-electron chi connectivity index (χ0n) is 14.3. The number of fused-ring (bicyclic) bond motifs is 1. The Bertz CT molecular complexity index is 831. The quantitative estimate of drug-likeness (QED) is 0.877. The number of anilines is 1. The van der Waals surface area contributed by atoms with Gasteiger partial charge in [-0.05, 0) is 49.7 Å². The van der Waals surface area contributed by atoms with Crippen molar-refractivity contribution >= 4 is 11.6 Å². The van der Waals surface area contributed by atoms with Crippen LogP contribution in [0, 0.1) is 0 Å². The molecule has 0 atom stereocenters. The van der Waals surface area contributed by atoms with Crippen molar-refractivity contribution in [2.24, 2.45) is 0 Å². The van der Waals surface area contributed by atoms with Crippen molar-refractivity contribution in [3.8, 4) is 11.5 Å². The van der Waals surface area contributed by atoms with Crippen molar-refractivity contribution in [3.05, 3.63) is 53.6 Å². The summed E-state index contributed by atoms with van der Waals surface area (Å²) in [6, 6.07) is 9.75. The van der Waals surface area contributed by atoms with Crippen LogP contribution in [0.5, 0.6) is 11.5 Å². The Balaban J connectivity index is 1.82. The van der Waals surface area contributed by atoms with Crippen LogP contribution >= 0.6 is 0 Å². The van der Waals surface area contributed by atoms with Crippen LogP contribution in [-0.2, 0) is 16.4 Å². The molecule has 0 saturated carbocycles. The Morgan fingerprint density at radius 3 is 2.35 bits per heavy atom. The highest BCUT2D eigenvalue weighted by atomic mass is 19.4. The van der Waals surface area contributed by atoms with Gasteiger partial charge in [0.25, 0.3) is 0 Å². The molecular formula is C19H18F3NO3. The lowest BCUT2D eigenvalue weighted by Gasteiger charge is -2.26. The molecule has 1 heterocycles. The molecule has 2 aromatic rings. The molecule has 0 spiro atoms. The number of amides is 1. The highest BCUT2D eigenvalue weighted by Crippen LogP contribution is 2.36. The topological polar surface area (TPSA) is 47.6 Å². The van der Waals surface area contributed by atoms with Crippen LogP contribution < -0.4 is 14.8 Å². The minimum atomic E-state index is -4.47. The van der Waals surface area contributed by atoms with E-state index in [1.54, 1.807) is 32.0 Å². The van der Waals surface area contributed by atoms with E-state index in [9.17, 15) is 18.0 Å². The summed E-state index contributed by atoms with van der Waals surface area (Å²) in [6.45, 7) is 4.28. The second-order valence-electron chi connectivity index (χ2n) is 6.52. The molecule has 0 radical (unpaired) electrons. The third-order valence-electron chi connectivity index (χ3n) is 4.28. The molecule has 1 amide bonds. The lowest BCUT2D eigenvalue weighted by Crippen LogP contribution is -2.35. The van der Waals surface area contributed by atoms with Crippen LogP contribution in [0.4, 0.5) is 18.9 Å². The molecule has 0 aromatic heterocycles. The molecule has 2 aromatic carbocycles.